The number of aromatic nitrogens is 1. The lowest BCUT2D eigenvalue weighted by Gasteiger charge is -2.17. The summed E-state index contributed by atoms with van der Waals surface area (Å²) in [6.45, 7) is 0. The van der Waals surface area contributed by atoms with Crippen LogP contribution in [0, 0.1) is 0 Å². The third-order valence-electron chi connectivity index (χ3n) is 3.19. The molecule has 3 rings (SSSR count). The van der Waals surface area contributed by atoms with Gasteiger partial charge in [0, 0.05) is 12.4 Å². The maximum Gasteiger partial charge on any atom is 0.270 e. The zero-order chi connectivity index (χ0) is 16.4. The molecule has 1 saturated heterocycles. The van der Waals surface area contributed by atoms with Crippen molar-refractivity contribution in [1.29, 1.82) is 0 Å². The van der Waals surface area contributed by atoms with Crippen LogP contribution in [-0.4, -0.2) is 21.1 Å². The molecule has 2 amide bonds. The molecule has 0 atom stereocenters. The van der Waals surface area contributed by atoms with Crippen molar-refractivity contribution in [2.24, 2.45) is 5.73 Å². The fourth-order valence-corrected chi connectivity index (χ4v) is 3.45. The molecule has 0 unspecified atom stereocenters. The van der Waals surface area contributed by atoms with E-state index in [9.17, 15) is 9.59 Å². The highest BCUT2D eigenvalue weighted by Gasteiger charge is 2.35. The number of thiocarbonyl (C=S) groups is 1. The van der Waals surface area contributed by atoms with Crippen molar-refractivity contribution < 1.29 is 9.59 Å². The lowest BCUT2D eigenvalue weighted by molar-refractivity contribution is -0.113. The summed E-state index contributed by atoms with van der Waals surface area (Å²) in [4.78, 5) is 30.1. The second-order valence-corrected chi connectivity index (χ2v) is 6.36. The molecule has 114 valence electrons. The van der Waals surface area contributed by atoms with Gasteiger partial charge in [0.25, 0.3) is 11.8 Å². The van der Waals surface area contributed by atoms with E-state index >= 15 is 0 Å². The number of para-hydroxylation sites is 1. The molecule has 5 nitrogen and oxygen atoms in total. The number of hydrogen-bond acceptors (Lipinski definition) is 5. The third-order valence-corrected chi connectivity index (χ3v) is 4.49. The molecule has 0 bridgehead atoms. The number of rotatable bonds is 3. The number of hydrogen-bond donors (Lipinski definition) is 1. The standard InChI is InChI=1S/C16H11N3O2S2/c17-14(20)11-5-1-2-6-12(11)19-15(21)13(23-16(19)22)8-10-4-3-7-18-9-10/h1-9H,(H2,17,20)/b13-8-. The van der Waals surface area contributed by atoms with E-state index in [1.165, 1.54) is 16.7 Å². The Morgan fingerprint density at radius 2 is 2.04 bits per heavy atom. The number of benzene rings is 1. The summed E-state index contributed by atoms with van der Waals surface area (Å²) in [5, 5.41) is 0. The van der Waals surface area contributed by atoms with Gasteiger partial charge in [0.1, 0.15) is 0 Å². The zero-order valence-corrected chi connectivity index (χ0v) is 13.4. The Bertz CT molecular complexity index is 834. The highest BCUT2D eigenvalue weighted by atomic mass is 32.2. The summed E-state index contributed by atoms with van der Waals surface area (Å²) < 4.78 is 0.360. The quantitative estimate of drug-likeness (QED) is 0.686. The minimum atomic E-state index is -0.606. The van der Waals surface area contributed by atoms with E-state index in [-0.39, 0.29) is 11.5 Å². The summed E-state index contributed by atoms with van der Waals surface area (Å²) >= 11 is 6.48. The summed E-state index contributed by atoms with van der Waals surface area (Å²) in [5.41, 5.74) is 6.84. The normalized spacial score (nSPS) is 16.2. The van der Waals surface area contributed by atoms with Gasteiger partial charge < -0.3 is 5.73 Å². The SMILES string of the molecule is NC(=O)c1ccccc1N1C(=O)/C(=C/c2cccnc2)SC1=S. The Hall–Kier alpha value is -2.51. The van der Waals surface area contributed by atoms with Gasteiger partial charge in [0.2, 0.25) is 0 Å². The molecule has 2 N–H and O–H groups in total. The number of anilines is 1. The summed E-state index contributed by atoms with van der Waals surface area (Å²) in [6, 6.07) is 10.3. The maximum atomic E-state index is 12.7. The largest absolute Gasteiger partial charge is 0.366 e. The topological polar surface area (TPSA) is 76.3 Å². The average molecular weight is 341 g/mol. The first kappa shape index (κ1) is 15.4. The van der Waals surface area contributed by atoms with Gasteiger partial charge in [0.05, 0.1) is 16.2 Å². The van der Waals surface area contributed by atoms with Crippen LogP contribution in [0.3, 0.4) is 0 Å². The van der Waals surface area contributed by atoms with Gasteiger partial charge in [-0.3, -0.25) is 19.5 Å². The van der Waals surface area contributed by atoms with E-state index in [4.69, 9.17) is 18.0 Å². The van der Waals surface area contributed by atoms with E-state index in [1.807, 2.05) is 6.07 Å². The highest BCUT2D eigenvalue weighted by molar-refractivity contribution is 8.27. The number of amides is 2. The molecule has 0 saturated carbocycles. The first-order chi connectivity index (χ1) is 11.1. The fraction of sp³-hybridized carbons (Fsp3) is 0. The van der Waals surface area contributed by atoms with Crippen LogP contribution in [0.1, 0.15) is 15.9 Å². The molecule has 1 fully saturated rings. The van der Waals surface area contributed by atoms with Gasteiger partial charge in [-0.25, -0.2) is 0 Å². The predicted octanol–water partition coefficient (Wildman–Crippen LogP) is 2.59. The molecule has 23 heavy (non-hydrogen) atoms. The molecule has 2 aromatic rings. The molecular formula is C16H11N3O2S2. The Balaban J connectivity index is 2.00. The van der Waals surface area contributed by atoms with Gasteiger partial charge in [-0.05, 0) is 29.8 Å². The van der Waals surface area contributed by atoms with Crippen LogP contribution in [0.4, 0.5) is 5.69 Å². The second kappa shape index (κ2) is 6.31. The molecule has 1 aliphatic heterocycles. The predicted molar refractivity (Wildman–Crippen MR) is 94.8 cm³/mol. The van der Waals surface area contributed by atoms with Crippen molar-refractivity contribution in [2.75, 3.05) is 4.90 Å². The molecule has 0 aliphatic carbocycles. The van der Waals surface area contributed by atoms with Crippen molar-refractivity contribution in [3.05, 3.63) is 64.8 Å². The van der Waals surface area contributed by atoms with E-state index in [1.54, 1.807) is 48.8 Å². The minimum Gasteiger partial charge on any atom is -0.366 e. The third kappa shape index (κ3) is 3.01. The van der Waals surface area contributed by atoms with Crippen LogP contribution in [0.25, 0.3) is 6.08 Å². The van der Waals surface area contributed by atoms with Crippen LogP contribution < -0.4 is 10.6 Å². The van der Waals surface area contributed by atoms with Gasteiger partial charge >= 0.3 is 0 Å². The van der Waals surface area contributed by atoms with Gasteiger partial charge in [-0.2, -0.15) is 0 Å². The first-order valence-electron chi connectivity index (χ1n) is 6.65. The molecular weight excluding hydrogens is 330 g/mol. The Kier molecular flexibility index (Phi) is 4.22. The number of nitrogens with two attached hydrogens (primary N) is 1. The van der Waals surface area contributed by atoms with Crippen molar-refractivity contribution in [3.8, 4) is 0 Å². The molecule has 0 radical (unpaired) electrons. The number of thioether (sulfide) groups is 1. The Labute approximate surface area is 142 Å². The van der Waals surface area contributed by atoms with Gasteiger partial charge in [-0.1, -0.05) is 42.2 Å². The number of nitrogens with zero attached hydrogens (tertiary/aromatic N) is 2. The summed E-state index contributed by atoms with van der Waals surface area (Å²) in [5.74, 6) is -0.886. The molecule has 1 aromatic carbocycles. The molecule has 1 aromatic heterocycles. The summed E-state index contributed by atoms with van der Waals surface area (Å²) in [7, 11) is 0. The Morgan fingerprint density at radius 1 is 1.26 bits per heavy atom. The lowest BCUT2D eigenvalue weighted by atomic mass is 10.1. The van der Waals surface area contributed by atoms with E-state index in [2.05, 4.69) is 4.98 Å². The van der Waals surface area contributed by atoms with Gasteiger partial charge in [-0.15, -0.1) is 0 Å². The van der Waals surface area contributed by atoms with E-state index < -0.39 is 5.91 Å². The number of carbonyl (C=O) groups is 2. The van der Waals surface area contributed by atoms with Crippen LogP contribution in [0.2, 0.25) is 0 Å². The zero-order valence-electron chi connectivity index (χ0n) is 11.8. The smallest absolute Gasteiger partial charge is 0.270 e. The molecule has 0 spiro atoms. The lowest BCUT2D eigenvalue weighted by Crippen LogP contribution is -2.30. The number of carbonyl (C=O) groups excluding carboxylic acids is 2. The number of pyridine rings is 1. The molecule has 1 aliphatic rings. The number of primary amides is 1. The van der Waals surface area contributed by atoms with Gasteiger partial charge in [0.15, 0.2) is 4.32 Å². The van der Waals surface area contributed by atoms with E-state index in [0.29, 0.717) is 14.9 Å². The van der Waals surface area contributed by atoms with Crippen molar-refractivity contribution >= 4 is 51.9 Å². The van der Waals surface area contributed by atoms with E-state index in [0.717, 1.165) is 5.56 Å². The molecule has 7 heteroatoms. The first-order valence-corrected chi connectivity index (χ1v) is 7.87. The van der Waals surface area contributed by atoms with Crippen molar-refractivity contribution in [3.63, 3.8) is 0 Å². The Morgan fingerprint density at radius 3 is 2.74 bits per heavy atom. The second-order valence-electron chi connectivity index (χ2n) is 4.68. The van der Waals surface area contributed by atoms with Crippen LogP contribution in [0.15, 0.2) is 53.7 Å². The highest BCUT2D eigenvalue weighted by Crippen LogP contribution is 2.37. The van der Waals surface area contributed by atoms with Crippen molar-refractivity contribution in [1.82, 2.24) is 4.98 Å². The maximum absolute atomic E-state index is 12.7. The molecule has 2 heterocycles. The fourth-order valence-electron chi connectivity index (χ4n) is 2.17. The minimum absolute atomic E-state index is 0.256. The van der Waals surface area contributed by atoms with Crippen molar-refractivity contribution in [2.45, 2.75) is 0 Å². The average Bonchev–Trinajstić information content (AvgIpc) is 2.82. The monoisotopic (exact) mass is 341 g/mol. The van der Waals surface area contributed by atoms with Crippen LogP contribution >= 0.6 is 24.0 Å². The van der Waals surface area contributed by atoms with Crippen LogP contribution in [-0.2, 0) is 4.79 Å². The summed E-state index contributed by atoms with van der Waals surface area (Å²) in [6.07, 6.45) is 5.04. The van der Waals surface area contributed by atoms with Crippen LogP contribution in [0.5, 0.6) is 0 Å².